The zero-order chi connectivity index (χ0) is 18.8. The third kappa shape index (κ3) is 2.79. The van der Waals surface area contributed by atoms with Crippen LogP contribution in [0.25, 0.3) is 0 Å². The first-order valence-corrected chi connectivity index (χ1v) is 8.09. The Morgan fingerprint density at radius 2 is 1.62 bits per heavy atom. The van der Waals surface area contributed by atoms with E-state index in [0.29, 0.717) is 36.0 Å². The molecule has 140 valence electrons. The van der Waals surface area contributed by atoms with Gasteiger partial charge >= 0.3 is 0 Å². The summed E-state index contributed by atoms with van der Waals surface area (Å²) < 4.78 is 27.1. The Balaban J connectivity index is 2.05. The van der Waals surface area contributed by atoms with Crippen molar-refractivity contribution in [3.63, 3.8) is 0 Å². The van der Waals surface area contributed by atoms with Gasteiger partial charge in [-0.2, -0.15) is 0 Å². The lowest BCUT2D eigenvalue weighted by Gasteiger charge is -2.28. The van der Waals surface area contributed by atoms with Gasteiger partial charge < -0.3 is 33.9 Å². The van der Waals surface area contributed by atoms with Crippen LogP contribution in [0.2, 0.25) is 0 Å². The number of hydrogen-bond donors (Lipinski definition) is 2. The number of phenolic OH excluding ortho intramolecular Hbond substituents is 2. The highest BCUT2D eigenvalue weighted by atomic mass is 16.5. The van der Waals surface area contributed by atoms with E-state index in [9.17, 15) is 10.2 Å². The highest BCUT2D eigenvalue weighted by Gasteiger charge is 2.30. The molecule has 1 aliphatic rings. The van der Waals surface area contributed by atoms with Gasteiger partial charge in [-0.1, -0.05) is 6.07 Å². The molecule has 0 amide bonds. The lowest BCUT2D eigenvalue weighted by molar-refractivity contribution is 0.239. The Bertz CT molecular complexity index is 816. The van der Waals surface area contributed by atoms with Crippen LogP contribution in [-0.2, 0) is 6.42 Å². The molecule has 0 aliphatic carbocycles. The molecule has 0 saturated heterocycles. The Morgan fingerprint density at radius 1 is 0.923 bits per heavy atom. The third-order valence-electron chi connectivity index (χ3n) is 4.54. The quantitative estimate of drug-likeness (QED) is 0.846. The minimum Gasteiger partial charge on any atom is -0.504 e. The fraction of sp³-hybridized carbons (Fsp3) is 0.368. The summed E-state index contributed by atoms with van der Waals surface area (Å²) in [5.41, 5.74) is 1.65. The molecule has 2 aromatic rings. The van der Waals surface area contributed by atoms with E-state index in [1.54, 1.807) is 18.2 Å². The number of fused-ring (bicyclic) bond motifs is 1. The molecule has 7 nitrogen and oxygen atoms in total. The lowest BCUT2D eigenvalue weighted by atomic mass is 9.89. The standard InChI is InChI=1S/C19H22O7/c1-22-14-8-12(17(23-2)15(21)19(14)25-4)11-7-10-5-6-13(20)18(24-3)16(10)26-9-11/h5-6,8,11,20-21H,7,9H2,1-4H3/t11-/m1/s1. The number of rotatable bonds is 5. The van der Waals surface area contributed by atoms with Crippen LogP contribution in [0.4, 0.5) is 0 Å². The van der Waals surface area contributed by atoms with Gasteiger partial charge in [0, 0.05) is 11.5 Å². The molecule has 0 fully saturated rings. The van der Waals surface area contributed by atoms with Crippen molar-refractivity contribution in [1.82, 2.24) is 0 Å². The summed E-state index contributed by atoms with van der Waals surface area (Å²) in [5.74, 6) is 1.65. The van der Waals surface area contributed by atoms with Gasteiger partial charge in [-0.3, -0.25) is 0 Å². The molecular weight excluding hydrogens is 340 g/mol. The van der Waals surface area contributed by atoms with E-state index in [2.05, 4.69) is 0 Å². The van der Waals surface area contributed by atoms with Gasteiger partial charge in [0.1, 0.15) is 0 Å². The summed E-state index contributed by atoms with van der Waals surface area (Å²) in [6.07, 6.45) is 0.622. The molecule has 7 heteroatoms. The van der Waals surface area contributed by atoms with Gasteiger partial charge in [0.05, 0.1) is 35.0 Å². The zero-order valence-corrected chi connectivity index (χ0v) is 15.2. The first-order chi connectivity index (χ1) is 12.5. The Morgan fingerprint density at radius 3 is 2.23 bits per heavy atom. The molecule has 1 atom stereocenters. The molecule has 1 aliphatic heterocycles. The third-order valence-corrected chi connectivity index (χ3v) is 4.54. The number of aromatic hydroxyl groups is 2. The minimum atomic E-state index is -0.113. The molecule has 0 saturated carbocycles. The van der Waals surface area contributed by atoms with Crippen LogP contribution in [-0.4, -0.2) is 45.3 Å². The highest BCUT2D eigenvalue weighted by Crippen LogP contribution is 2.50. The average molecular weight is 362 g/mol. The van der Waals surface area contributed by atoms with Crippen molar-refractivity contribution in [2.45, 2.75) is 12.3 Å². The summed E-state index contributed by atoms with van der Waals surface area (Å²) in [5, 5.41) is 20.4. The number of benzene rings is 2. The van der Waals surface area contributed by atoms with Crippen LogP contribution in [0, 0.1) is 0 Å². The number of methoxy groups -OCH3 is 4. The van der Waals surface area contributed by atoms with Gasteiger partial charge in [-0.15, -0.1) is 0 Å². The normalized spacial score (nSPS) is 15.6. The van der Waals surface area contributed by atoms with Crippen molar-refractivity contribution >= 4 is 0 Å². The van der Waals surface area contributed by atoms with Crippen molar-refractivity contribution in [3.8, 4) is 40.2 Å². The Kier molecular flexibility index (Phi) is 4.88. The second-order valence-electron chi connectivity index (χ2n) is 5.90. The van der Waals surface area contributed by atoms with Crippen molar-refractivity contribution in [2.24, 2.45) is 0 Å². The van der Waals surface area contributed by atoms with E-state index in [1.807, 2.05) is 0 Å². The fourth-order valence-corrected chi connectivity index (χ4v) is 3.31. The van der Waals surface area contributed by atoms with Crippen LogP contribution in [0.15, 0.2) is 18.2 Å². The predicted molar refractivity (Wildman–Crippen MR) is 94.4 cm³/mol. The summed E-state index contributed by atoms with van der Waals surface area (Å²) >= 11 is 0. The van der Waals surface area contributed by atoms with Gasteiger partial charge in [0.25, 0.3) is 0 Å². The maximum absolute atomic E-state index is 10.5. The van der Waals surface area contributed by atoms with Crippen LogP contribution in [0.1, 0.15) is 17.0 Å². The molecular formula is C19H22O7. The first-order valence-electron chi connectivity index (χ1n) is 8.09. The number of ether oxygens (including phenoxy) is 5. The van der Waals surface area contributed by atoms with E-state index in [-0.39, 0.29) is 23.2 Å². The largest absolute Gasteiger partial charge is 0.504 e. The van der Waals surface area contributed by atoms with Crippen molar-refractivity contribution in [3.05, 3.63) is 29.3 Å². The molecule has 0 spiro atoms. The average Bonchev–Trinajstić information content (AvgIpc) is 2.66. The smallest absolute Gasteiger partial charge is 0.207 e. The maximum atomic E-state index is 10.5. The van der Waals surface area contributed by atoms with Gasteiger partial charge in [-0.05, 0) is 24.1 Å². The zero-order valence-electron chi connectivity index (χ0n) is 15.2. The van der Waals surface area contributed by atoms with E-state index in [0.717, 1.165) is 11.1 Å². The highest BCUT2D eigenvalue weighted by molar-refractivity contribution is 5.64. The molecule has 0 radical (unpaired) electrons. The van der Waals surface area contributed by atoms with Crippen LogP contribution in [0.3, 0.4) is 0 Å². The van der Waals surface area contributed by atoms with Gasteiger partial charge in [-0.25, -0.2) is 0 Å². The fourth-order valence-electron chi connectivity index (χ4n) is 3.31. The Hall–Kier alpha value is -2.96. The van der Waals surface area contributed by atoms with Gasteiger partial charge in [0.15, 0.2) is 23.0 Å². The van der Waals surface area contributed by atoms with Gasteiger partial charge in [0.2, 0.25) is 17.2 Å². The summed E-state index contributed by atoms with van der Waals surface area (Å²) in [6.45, 7) is 0.331. The topological polar surface area (TPSA) is 86.6 Å². The summed E-state index contributed by atoms with van der Waals surface area (Å²) in [4.78, 5) is 0. The van der Waals surface area contributed by atoms with E-state index in [4.69, 9.17) is 23.7 Å². The number of hydrogen-bond acceptors (Lipinski definition) is 7. The maximum Gasteiger partial charge on any atom is 0.207 e. The molecule has 0 aromatic heterocycles. The molecule has 3 rings (SSSR count). The van der Waals surface area contributed by atoms with Crippen molar-refractivity contribution in [2.75, 3.05) is 35.0 Å². The van der Waals surface area contributed by atoms with Crippen LogP contribution >= 0.6 is 0 Å². The second-order valence-corrected chi connectivity index (χ2v) is 5.90. The summed E-state index contributed by atoms with van der Waals surface area (Å²) in [7, 11) is 5.94. The van der Waals surface area contributed by atoms with E-state index < -0.39 is 0 Å². The molecule has 2 aromatic carbocycles. The monoisotopic (exact) mass is 362 g/mol. The molecule has 0 unspecified atom stereocenters. The minimum absolute atomic E-state index is 0.0334. The van der Waals surface area contributed by atoms with Crippen LogP contribution < -0.4 is 23.7 Å². The van der Waals surface area contributed by atoms with Crippen molar-refractivity contribution in [1.29, 1.82) is 0 Å². The predicted octanol–water partition coefficient (Wildman–Crippen LogP) is 2.85. The van der Waals surface area contributed by atoms with Crippen molar-refractivity contribution < 1.29 is 33.9 Å². The number of phenols is 2. The first kappa shape index (κ1) is 17.8. The van der Waals surface area contributed by atoms with Crippen LogP contribution in [0.5, 0.6) is 40.2 Å². The van der Waals surface area contributed by atoms with E-state index >= 15 is 0 Å². The van der Waals surface area contributed by atoms with E-state index in [1.165, 1.54) is 28.4 Å². The Labute approximate surface area is 151 Å². The second kappa shape index (κ2) is 7.11. The molecule has 26 heavy (non-hydrogen) atoms. The molecule has 2 N–H and O–H groups in total. The lowest BCUT2D eigenvalue weighted by Crippen LogP contribution is -2.20. The summed E-state index contributed by atoms with van der Waals surface area (Å²) in [6, 6.07) is 5.16. The molecule has 1 heterocycles. The SMILES string of the molecule is COc1cc([C@H]2COc3c(ccc(O)c3OC)C2)c(OC)c(O)c1OC. The molecule has 0 bridgehead atoms.